The number of hydrogen-bond acceptors (Lipinski definition) is 3. The molecular weight excluding hydrogens is 200 g/mol. The minimum absolute atomic E-state index is 0.0288. The zero-order chi connectivity index (χ0) is 11.4. The quantitative estimate of drug-likeness (QED) is 0.715. The van der Waals surface area contributed by atoms with Crippen LogP contribution in [0, 0.1) is 6.92 Å². The lowest BCUT2D eigenvalue weighted by Gasteiger charge is -2.07. The molecule has 0 saturated carbocycles. The number of aryl methyl sites for hydroxylation is 1. The molecule has 80 valence electrons. The molecule has 1 aromatic heterocycles. The standard InChI is InChI=1S/C13H12N2O/c1-10-5-4-8-13(15-10)14-9-11-6-2-3-7-12(11)16/h2-9,16H,1H3/p-1. The zero-order valence-electron chi connectivity index (χ0n) is 8.92. The van der Waals surface area contributed by atoms with Crippen LogP contribution in [-0.4, -0.2) is 11.2 Å². The summed E-state index contributed by atoms with van der Waals surface area (Å²) in [6.07, 6.45) is 1.55. The zero-order valence-corrected chi connectivity index (χ0v) is 8.92. The Hall–Kier alpha value is -2.16. The molecule has 0 N–H and O–H groups in total. The number of aromatic nitrogens is 1. The van der Waals surface area contributed by atoms with Crippen LogP contribution in [0.25, 0.3) is 0 Å². The highest BCUT2D eigenvalue weighted by Gasteiger charge is 1.91. The Kier molecular flexibility index (Phi) is 2.96. The van der Waals surface area contributed by atoms with E-state index in [0.717, 1.165) is 5.69 Å². The van der Waals surface area contributed by atoms with Crippen molar-refractivity contribution in [1.82, 2.24) is 4.98 Å². The second-order valence-corrected chi connectivity index (χ2v) is 3.43. The maximum Gasteiger partial charge on any atom is 0.152 e. The molecule has 0 unspecified atom stereocenters. The van der Waals surface area contributed by atoms with Crippen molar-refractivity contribution in [1.29, 1.82) is 0 Å². The number of pyridine rings is 1. The molecule has 0 fully saturated rings. The molecule has 0 atom stereocenters. The van der Waals surface area contributed by atoms with Gasteiger partial charge in [-0.05, 0) is 24.6 Å². The van der Waals surface area contributed by atoms with Gasteiger partial charge in [-0.3, -0.25) is 0 Å². The molecule has 0 aliphatic rings. The molecule has 0 aliphatic heterocycles. The van der Waals surface area contributed by atoms with Crippen molar-refractivity contribution >= 4 is 12.0 Å². The summed E-state index contributed by atoms with van der Waals surface area (Å²) >= 11 is 0. The molecule has 16 heavy (non-hydrogen) atoms. The number of para-hydroxylation sites is 1. The second-order valence-electron chi connectivity index (χ2n) is 3.43. The molecular formula is C13H11N2O-. The molecule has 2 aromatic rings. The first kappa shape index (κ1) is 10.4. The van der Waals surface area contributed by atoms with E-state index in [2.05, 4.69) is 9.98 Å². The lowest BCUT2D eigenvalue weighted by atomic mass is 10.2. The molecule has 3 heteroatoms. The van der Waals surface area contributed by atoms with E-state index in [4.69, 9.17) is 0 Å². The molecule has 0 bridgehead atoms. The molecule has 1 aromatic carbocycles. The van der Waals surface area contributed by atoms with Gasteiger partial charge in [-0.1, -0.05) is 30.3 Å². The predicted molar refractivity (Wildman–Crippen MR) is 62.1 cm³/mol. The first-order valence-corrected chi connectivity index (χ1v) is 4.99. The summed E-state index contributed by atoms with van der Waals surface area (Å²) in [4.78, 5) is 8.38. The topological polar surface area (TPSA) is 48.3 Å². The van der Waals surface area contributed by atoms with E-state index in [-0.39, 0.29) is 5.75 Å². The van der Waals surface area contributed by atoms with Gasteiger partial charge in [0.1, 0.15) is 0 Å². The van der Waals surface area contributed by atoms with Gasteiger partial charge in [0.05, 0.1) is 0 Å². The van der Waals surface area contributed by atoms with Gasteiger partial charge in [-0.25, -0.2) is 9.98 Å². The minimum atomic E-state index is -0.0288. The summed E-state index contributed by atoms with van der Waals surface area (Å²) < 4.78 is 0. The predicted octanol–water partition coefficient (Wildman–Crippen LogP) is 2.21. The molecule has 2 rings (SSSR count). The Bertz CT molecular complexity index is 521. The van der Waals surface area contributed by atoms with Crippen LogP contribution in [0.4, 0.5) is 5.82 Å². The Labute approximate surface area is 94.1 Å². The summed E-state index contributed by atoms with van der Waals surface area (Å²) in [5, 5.41) is 11.4. The van der Waals surface area contributed by atoms with Gasteiger partial charge >= 0.3 is 0 Å². The Morgan fingerprint density at radius 3 is 2.69 bits per heavy atom. The van der Waals surface area contributed by atoms with E-state index >= 15 is 0 Å². The van der Waals surface area contributed by atoms with E-state index in [0.29, 0.717) is 11.4 Å². The minimum Gasteiger partial charge on any atom is -0.872 e. The Morgan fingerprint density at radius 1 is 1.12 bits per heavy atom. The summed E-state index contributed by atoms with van der Waals surface area (Å²) in [6, 6.07) is 12.4. The highest BCUT2D eigenvalue weighted by atomic mass is 16.3. The molecule has 0 saturated heterocycles. The fourth-order valence-electron chi connectivity index (χ4n) is 1.32. The molecule has 0 radical (unpaired) electrons. The second kappa shape index (κ2) is 4.57. The number of hydrogen-bond donors (Lipinski definition) is 0. The number of nitrogens with zero attached hydrogens (tertiary/aromatic N) is 2. The summed E-state index contributed by atoms with van der Waals surface area (Å²) in [7, 11) is 0. The van der Waals surface area contributed by atoms with E-state index in [1.54, 1.807) is 24.4 Å². The summed E-state index contributed by atoms with van der Waals surface area (Å²) in [6.45, 7) is 1.90. The fraction of sp³-hybridized carbons (Fsp3) is 0.0769. The summed E-state index contributed by atoms with van der Waals surface area (Å²) in [5.41, 5.74) is 1.48. The Morgan fingerprint density at radius 2 is 1.94 bits per heavy atom. The van der Waals surface area contributed by atoms with Crippen molar-refractivity contribution in [3.63, 3.8) is 0 Å². The number of benzene rings is 1. The highest BCUT2D eigenvalue weighted by molar-refractivity contribution is 5.84. The van der Waals surface area contributed by atoms with E-state index in [1.807, 2.05) is 25.1 Å². The maximum absolute atomic E-state index is 11.4. The molecule has 0 spiro atoms. The van der Waals surface area contributed by atoms with Gasteiger partial charge in [-0.15, -0.1) is 5.75 Å². The van der Waals surface area contributed by atoms with Crippen LogP contribution in [-0.2, 0) is 0 Å². The number of rotatable bonds is 2. The van der Waals surface area contributed by atoms with Crippen LogP contribution in [0.5, 0.6) is 5.75 Å². The van der Waals surface area contributed by atoms with Gasteiger partial charge in [-0.2, -0.15) is 0 Å². The van der Waals surface area contributed by atoms with E-state index in [9.17, 15) is 5.11 Å². The van der Waals surface area contributed by atoms with Gasteiger partial charge in [0.2, 0.25) is 0 Å². The van der Waals surface area contributed by atoms with Crippen LogP contribution in [0.1, 0.15) is 11.3 Å². The lowest BCUT2D eigenvalue weighted by molar-refractivity contribution is -0.268. The van der Waals surface area contributed by atoms with Crippen molar-refractivity contribution in [3.8, 4) is 5.75 Å². The van der Waals surface area contributed by atoms with E-state index in [1.165, 1.54) is 6.07 Å². The Balaban J connectivity index is 2.25. The number of aliphatic imine (C=N–C) groups is 1. The normalized spacial score (nSPS) is 10.8. The van der Waals surface area contributed by atoms with Gasteiger partial charge in [0, 0.05) is 11.9 Å². The van der Waals surface area contributed by atoms with Crippen LogP contribution >= 0.6 is 0 Å². The van der Waals surface area contributed by atoms with Crippen molar-refractivity contribution in [2.24, 2.45) is 4.99 Å². The van der Waals surface area contributed by atoms with Crippen LogP contribution in [0.15, 0.2) is 47.5 Å². The third-order valence-electron chi connectivity index (χ3n) is 2.13. The average molecular weight is 211 g/mol. The lowest BCUT2D eigenvalue weighted by Crippen LogP contribution is -1.94. The monoisotopic (exact) mass is 211 g/mol. The van der Waals surface area contributed by atoms with Crippen molar-refractivity contribution in [3.05, 3.63) is 53.7 Å². The van der Waals surface area contributed by atoms with Gasteiger partial charge in [0.25, 0.3) is 0 Å². The molecule has 1 heterocycles. The summed E-state index contributed by atoms with van der Waals surface area (Å²) in [5.74, 6) is 0.585. The van der Waals surface area contributed by atoms with Crippen LogP contribution < -0.4 is 5.11 Å². The van der Waals surface area contributed by atoms with Gasteiger partial charge < -0.3 is 5.11 Å². The smallest absolute Gasteiger partial charge is 0.152 e. The molecule has 0 amide bonds. The van der Waals surface area contributed by atoms with Crippen molar-refractivity contribution in [2.45, 2.75) is 6.92 Å². The largest absolute Gasteiger partial charge is 0.872 e. The third-order valence-corrected chi connectivity index (χ3v) is 2.13. The van der Waals surface area contributed by atoms with Crippen molar-refractivity contribution in [2.75, 3.05) is 0 Å². The van der Waals surface area contributed by atoms with E-state index < -0.39 is 0 Å². The maximum atomic E-state index is 11.4. The SMILES string of the molecule is Cc1cccc(N=Cc2ccccc2[O-])n1. The first-order valence-electron chi connectivity index (χ1n) is 4.99. The average Bonchev–Trinajstić information content (AvgIpc) is 2.28. The first-order chi connectivity index (χ1) is 7.75. The van der Waals surface area contributed by atoms with Crippen LogP contribution in [0.2, 0.25) is 0 Å². The van der Waals surface area contributed by atoms with Crippen LogP contribution in [0.3, 0.4) is 0 Å². The van der Waals surface area contributed by atoms with Gasteiger partial charge in [0.15, 0.2) is 5.82 Å². The third kappa shape index (κ3) is 2.45. The molecule has 0 aliphatic carbocycles. The molecule has 3 nitrogen and oxygen atoms in total. The van der Waals surface area contributed by atoms with Crippen molar-refractivity contribution < 1.29 is 5.11 Å². The fourth-order valence-corrected chi connectivity index (χ4v) is 1.32. The highest BCUT2D eigenvalue weighted by Crippen LogP contribution is 2.12.